The lowest BCUT2D eigenvalue weighted by Gasteiger charge is -2.02. The molecule has 0 aromatic heterocycles. The second-order valence-corrected chi connectivity index (χ2v) is 4.24. The molecule has 15 heavy (non-hydrogen) atoms. The van der Waals surface area contributed by atoms with Crippen LogP contribution in [0.15, 0.2) is 0 Å². The number of carbonyl (C=O) groups is 1. The molecule has 0 radical (unpaired) electrons. The van der Waals surface area contributed by atoms with Gasteiger partial charge in [-0.25, -0.2) is 0 Å². The minimum absolute atomic E-state index is 0.170. The third-order valence-electron chi connectivity index (χ3n) is 2.33. The first-order valence-electron chi connectivity index (χ1n) is 5.96. The fraction of sp³-hybridized carbons (Fsp3) is 0.917. The van der Waals surface area contributed by atoms with E-state index >= 15 is 0 Å². The molecular weight excluding hydrogens is 212 g/mol. The predicted molar refractivity (Wildman–Crippen MR) is 64.3 cm³/mol. The molecule has 0 amide bonds. The molecule has 0 heterocycles. The zero-order chi connectivity index (χ0) is 11.4. The summed E-state index contributed by atoms with van der Waals surface area (Å²) in [6.45, 7) is 2.04. The number of carbonyl (C=O) groups excluding carboxylic acids is 1. The molecule has 0 rings (SSSR count). The van der Waals surface area contributed by atoms with Crippen molar-refractivity contribution in [3.63, 3.8) is 0 Å². The Hall–Kier alpha value is -0.240. The van der Waals surface area contributed by atoms with E-state index in [1.807, 2.05) is 0 Å². The van der Waals surface area contributed by atoms with Crippen molar-refractivity contribution in [3.8, 4) is 0 Å². The van der Waals surface area contributed by atoms with Gasteiger partial charge < -0.3 is 4.74 Å². The van der Waals surface area contributed by atoms with Gasteiger partial charge in [-0.2, -0.15) is 0 Å². The van der Waals surface area contributed by atoms with Gasteiger partial charge in [0.05, 0.1) is 6.61 Å². The Bertz CT molecular complexity index is 149. The second kappa shape index (κ2) is 11.8. The van der Waals surface area contributed by atoms with Crippen molar-refractivity contribution >= 4 is 17.6 Å². The summed E-state index contributed by atoms with van der Waals surface area (Å²) in [5.74, 6) is 0.624. The number of hydrogen-bond acceptors (Lipinski definition) is 2. The molecule has 0 aliphatic heterocycles. The third-order valence-corrected chi connectivity index (χ3v) is 2.60. The van der Waals surface area contributed by atoms with E-state index in [0.717, 1.165) is 18.7 Å². The van der Waals surface area contributed by atoms with Gasteiger partial charge in [0, 0.05) is 12.8 Å². The van der Waals surface area contributed by atoms with Crippen molar-refractivity contribution in [1.82, 2.24) is 0 Å². The van der Waals surface area contributed by atoms with Gasteiger partial charge in [0.25, 0.3) is 0 Å². The first-order chi connectivity index (χ1) is 7.27. The monoisotopic (exact) mass is 234 g/mol. The molecule has 0 bridgehead atoms. The third kappa shape index (κ3) is 13.8. The average molecular weight is 235 g/mol. The van der Waals surface area contributed by atoms with Crippen LogP contribution in [0.1, 0.15) is 58.3 Å². The first-order valence-corrected chi connectivity index (χ1v) is 6.50. The molecular formula is C12H23ClO2. The Balaban J connectivity index is 2.89. The number of hydrogen-bond donors (Lipinski definition) is 0. The fourth-order valence-electron chi connectivity index (χ4n) is 1.47. The van der Waals surface area contributed by atoms with E-state index in [0.29, 0.717) is 6.61 Å². The van der Waals surface area contributed by atoms with Gasteiger partial charge in [0.1, 0.15) is 0 Å². The summed E-state index contributed by atoms with van der Waals surface area (Å²) in [5, 5.41) is 0. The van der Waals surface area contributed by atoms with Crippen LogP contribution in [0.2, 0.25) is 0 Å². The lowest BCUT2D eigenvalue weighted by molar-refractivity contribution is -0.141. The summed E-state index contributed by atoms with van der Waals surface area (Å²) in [6.07, 6.45) is 9.74. The van der Waals surface area contributed by atoms with Gasteiger partial charge in [0.2, 0.25) is 0 Å². The molecule has 0 aliphatic carbocycles. The zero-order valence-corrected chi connectivity index (χ0v) is 10.5. The van der Waals surface area contributed by atoms with Gasteiger partial charge in [-0.1, -0.05) is 38.5 Å². The van der Waals surface area contributed by atoms with E-state index in [4.69, 9.17) is 16.3 Å². The maximum Gasteiger partial charge on any atom is 0.302 e. The number of rotatable bonds is 10. The van der Waals surface area contributed by atoms with Gasteiger partial charge in [-0.3, -0.25) is 4.79 Å². The van der Waals surface area contributed by atoms with Crippen molar-refractivity contribution in [2.24, 2.45) is 0 Å². The second-order valence-electron chi connectivity index (χ2n) is 3.86. The van der Waals surface area contributed by atoms with Gasteiger partial charge >= 0.3 is 5.97 Å². The summed E-state index contributed by atoms with van der Waals surface area (Å²) in [5.41, 5.74) is 0. The zero-order valence-electron chi connectivity index (χ0n) is 9.77. The number of alkyl halides is 1. The van der Waals surface area contributed by atoms with E-state index in [9.17, 15) is 4.79 Å². The summed E-state index contributed by atoms with van der Waals surface area (Å²) < 4.78 is 4.85. The van der Waals surface area contributed by atoms with Crippen LogP contribution in [-0.2, 0) is 9.53 Å². The molecule has 0 saturated carbocycles. The maximum absolute atomic E-state index is 10.4. The van der Waals surface area contributed by atoms with Crippen LogP contribution in [0.3, 0.4) is 0 Å². The molecule has 0 unspecified atom stereocenters. The smallest absolute Gasteiger partial charge is 0.302 e. The molecule has 0 aliphatic rings. The Labute approximate surface area is 98.3 Å². The molecule has 0 atom stereocenters. The van der Waals surface area contributed by atoms with Gasteiger partial charge in [0.15, 0.2) is 0 Å². The van der Waals surface area contributed by atoms with E-state index in [1.165, 1.54) is 45.4 Å². The summed E-state index contributed by atoms with van der Waals surface area (Å²) in [6, 6.07) is 0. The normalized spacial score (nSPS) is 10.3. The molecule has 0 saturated heterocycles. The van der Waals surface area contributed by atoms with Gasteiger partial charge in [-0.05, 0) is 12.8 Å². The van der Waals surface area contributed by atoms with Crippen LogP contribution in [0.5, 0.6) is 0 Å². The maximum atomic E-state index is 10.4. The highest BCUT2D eigenvalue weighted by atomic mass is 35.5. The molecule has 2 nitrogen and oxygen atoms in total. The Kier molecular flexibility index (Phi) is 11.6. The average Bonchev–Trinajstić information content (AvgIpc) is 2.20. The predicted octanol–water partition coefficient (Wildman–Crippen LogP) is 3.91. The lowest BCUT2D eigenvalue weighted by atomic mass is 10.1. The number of esters is 1. The summed E-state index contributed by atoms with van der Waals surface area (Å²) in [7, 11) is 0. The Morgan fingerprint density at radius 1 is 0.933 bits per heavy atom. The van der Waals surface area contributed by atoms with Crippen molar-refractivity contribution in [2.75, 3.05) is 12.5 Å². The SMILES string of the molecule is CC(=O)OCCCCCCCCCCCl. The Morgan fingerprint density at radius 2 is 1.40 bits per heavy atom. The van der Waals surface area contributed by atoms with Crippen LogP contribution < -0.4 is 0 Å². The van der Waals surface area contributed by atoms with Crippen molar-refractivity contribution in [3.05, 3.63) is 0 Å². The standard InChI is InChI=1S/C12H23ClO2/c1-12(14)15-11-9-7-5-3-2-4-6-8-10-13/h2-11H2,1H3. The van der Waals surface area contributed by atoms with Crippen LogP contribution in [0.4, 0.5) is 0 Å². The van der Waals surface area contributed by atoms with Crippen LogP contribution in [-0.4, -0.2) is 18.5 Å². The molecule has 0 spiro atoms. The van der Waals surface area contributed by atoms with Crippen LogP contribution in [0.25, 0.3) is 0 Å². The Morgan fingerprint density at radius 3 is 1.87 bits per heavy atom. The molecule has 90 valence electrons. The number of halogens is 1. The molecule has 0 fully saturated rings. The molecule has 0 aromatic rings. The molecule has 3 heteroatoms. The highest BCUT2D eigenvalue weighted by Gasteiger charge is 1.94. The van der Waals surface area contributed by atoms with Crippen LogP contribution in [0, 0.1) is 0 Å². The lowest BCUT2D eigenvalue weighted by Crippen LogP contribution is -2.00. The van der Waals surface area contributed by atoms with Crippen molar-refractivity contribution < 1.29 is 9.53 Å². The first kappa shape index (κ1) is 14.8. The van der Waals surface area contributed by atoms with E-state index in [-0.39, 0.29) is 5.97 Å². The quantitative estimate of drug-likeness (QED) is 0.326. The summed E-state index contributed by atoms with van der Waals surface area (Å²) >= 11 is 5.58. The number of unbranched alkanes of at least 4 members (excludes halogenated alkanes) is 7. The van der Waals surface area contributed by atoms with Crippen molar-refractivity contribution in [2.45, 2.75) is 58.3 Å². The largest absolute Gasteiger partial charge is 0.466 e. The minimum atomic E-state index is -0.170. The minimum Gasteiger partial charge on any atom is -0.466 e. The summed E-state index contributed by atoms with van der Waals surface area (Å²) in [4.78, 5) is 10.4. The highest BCUT2D eigenvalue weighted by molar-refractivity contribution is 6.17. The fourth-order valence-corrected chi connectivity index (χ4v) is 1.66. The van der Waals surface area contributed by atoms with E-state index in [1.54, 1.807) is 0 Å². The number of ether oxygens (including phenoxy) is 1. The molecule has 0 N–H and O–H groups in total. The highest BCUT2D eigenvalue weighted by Crippen LogP contribution is 2.08. The van der Waals surface area contributed by atoms with E-state index < -0.39 is 0 Å². The molecule has 0 aromatic carbocycles. The topological polar surface area (TPSA) is 26.3 Å². The van der Waals surface area contributed by atoms with Crippen LogP contribution >= 0.6 is 11.6 Å². The van der Waals surface area contributed by atoms with Gasteiger partial charge in [-0.15, -0.1) is 11.6 Å². The van der Waals surface area contributed by atoms with Crippen molar-refractivity contribution in [1.29, 1.82) is 0 Å². The van der Waals surface area contributed by atoms with E-state index in [2.05, 4.69) is 0 Å².